The zero-order valence-corrected chi connectivity index (χ0v) is 9.19. The molecule has 1 aliphatic rings. The molecule has 86 valence electrons. The van der Waals surface area contributed by atoms with Gasteiger partial charge in [-0.3, -0.25) is 0 Å². The lowest BCUT2D eigenvalue weighted by molar-refractivity contribution is -0.0716. The fourth-order valence-corrected chi connectivity index (χ4v) is 1.92. The number of ether oxygens (including phenoxy) is 2. The van der Waals surface area contributed by atoms with E-state index in [-0.39, 0.29) is 5.69 Å². The van der Waals surface area contributed by atoms with E-state index in [4.69, 9.17) is 14.6 Å². The van der Waals surface area contributed by atoms with Gasteiger partial charge in [0.05, 0.1) is 13.2 Å². The van der Waals surface area contributed by atoms with Crippen molar-refractivity contribution >= 4 is 5.97 Å². The highest BCUT2D eigenvalue weighted by molar-refractivity contribution is 5.85. The summed E-state index contributed by atoms with van der Waals surface area (Å²) in [6.45, 7) is 2.72. The first-order chi connectivity index (χ1) is 7.57. The van der Waals surface area contributed by atoms with Crippen LogP contribution in [0.1, 0.15) is 28.5 Å². The SMILES string of the molecule is COCC1(C)OCc2cnc(C(=O)O)cc21. The second kappa shape index (κ2) is 3.84. The number of carboxylic acids is 1. The summed E-state index contributed by atoms with van der Waals surface area (Å²) in [6, 6.07) is 1.56. The molecule has 1 aromatic rings. The first-order valence-electron chi connectivity index (χ1n) is 4.92. The Balaban J connectivity index is 2.44. The van der Waals surface area contributed by atoms with Gasteiger partial charge in [-0.15, -0.1) is 0 Å². The van der Waals surface area contributed by atoms with Crippen LogP contribution in [0.2, 0.25) is 0 Å². The van der Waals surface area contributed by atoms with E-state index in [1.165, 1.54) is 0 Å². The predicted octanol–water partition coefficient (Wildman–Crippen LogP) is 1.17. The smallest absolute Gasteiger partial charge is 0.354 e. The molecule has 2 heterocycles. The second-order valence-corrected chi connectivity index (χ2v) is 3.98. The standard InChI is InChI=1S/C11H13NO4/c1-11(6-15-2)8-3-9(10(13)14)12-4-7(8)5-16-11/h3-4H,5-6H2,1-2H3,(H,13,14). The van der Waals surface area contributed by atoms with E-state index in [9.17, 15) is 4.79 Å². The molecule has 0 bridgehead atoms. The van der Waals surface area contributed by atoms with Gasteiger partial charge >= 0.3 is 5.97 Å². The van der Waals surface area contributed by atoms with Gasteiger partial charge in [-0.25, -0.2) is 9.78 Å². The van der Waals surface area contributed by atoms with Crippen molar-refractivity contribution in [2.75, 3.05) is 13.7 Å². The minimum absolute atomic E-state index is 0.0339. The summed E-state index contributed by atoms with van der Waals surface area (Å²) in [4.78, 5) is 14.7. The Bertz CT molecular complexity index is 428. The number of carboxylic acid groups (broad SMARTS) is 1. The maximum absolute atomic E-state index is 10.8. The van der Waals surface area contributed by atoms with Crippen molar-refractivity contribution in [1.82, 2.24) is 4.98 Å². The van der Waals surface area contributed by atoms with Gasteiger partial charge < -0.3 is 14.6 Å². The molecule has 0 amide bonds. The minimum Gasteiger partial charge on any atom is -0.477 e. The van der Waals surface area contributed by atoms with Crippen LogP contribution >= 0.6 is 0 Å². The second-order valence-electron chi connectivity index (χ2n) is 3.98. The van der Waals surface area contributed by atoms with Crippen LogP contribution < -0.4 is 0 Å². The molecule has 1 aliphatic heterocycles. The highest BCUT2D eigenvalue weighted by Crippen LogP contribution is 2.36. The van der Waals surface area contributed by atoms with Gasteiger partial charge in [0, 0.05) is 18.9 Å². The van der Waals surface area contributed by atoms with Gasteiger partial charge in [0.2, 0.25) is 0 Å². The monoisotopic (exact) mass is 223 g/mol. The molecule has 0 radical (unpaired) electrons. The van der Waals surface area contributed by atoms with E-state index >= 15 is 0 Å². The number of aromatic nitrogens is 1. The average molecular weight is 223 g/mol. The first-order valence-corrected chi connectivity index (χ1v) is 4.92. The highest BCUT2D eigenvalue weighted by atomic mass is 16.5. The van der Waals surface area contributed by atoms with E-state index in [2.05, 4.69) is 4.98 Å². The van der Waals surface area contributed by atoms with Crippen LogP contribution in [0.15, 0.2) is 12.3 Å². The number of nitrogens with zero attached hydrogens (tertiary/aromatic N) is 1. The highest BCUT2D eigenvalue weighted by Gasteiger charge is 2.36. The molecule has 5 heteroatoms. The summed E-state index contributed by atoms with van der Waals surface area (Å²) in [5, 5.41) is 8.88. The lowest BCUT2D eigenvalue weighted by atomic mass is 9.95. The number of carbonyl (C=O) groups is 1. The van der Waals surface area contributed by atoms with E-state index in [0.717, 1.165) is 11.1 Å². The van der Waals surface area contributed by atoms with Crippen LogP contribution in [0, 0.1) is 0 Å². The number of hydrogen-bond acceptors (Lipinski definition) is 4. The van der Waals surface area contributed by atoms with Crippen LogP contribution in [-0.4, -0.2) is 29.8 Å². The number of rotatable bonds is 3. The maximum atomic E-state index is 10.8. The molecule has 0 saturated carbocycles. The number of fused-ring (bicyclic) bond motifs is 1. The Morgan fingerprint density at radius 2 is 2.50 bits per heavy atom. The Morgan fingerprint density at radius 3 is 3.12 bits per heavy atom. The van der Waals surface area contributed by atoms with Gasteiger partial charge in [-0.1, -0.05) is 0 Å². The Morgan fingerprint density at radius 1 is 1.75 bits per heavy atom. The van der Waals surface area contributed by atoms with Crippen LogP contribution in [0.4, 0.5) is 0 Å². The number of hydrogen-bond donors (Lipinski definition) is 1. The molecular weight excluding hydrogens is 210 g/mol. The van der Waals surface area contributed by atoms with Crippen molar-refractivity contribution in [3.63, 3.8) is 0 Å². The van der Waals surface area contributed by atoms with Crippen LogP contribution in [-0.2, 0) is 21.7 Å². The number of aromatic carboxylic acids is 1. The molecule has 0 fully saturated rings. The molecule has 0 saturated heterocycles. The maximum Gasteiger partial charge on any atom is 0.354 e. The van der Waals surface area contributed by atoms with E-state index in [1.807, 2.05) is 6.92 Å². The van der Waals surface area contributed by atoms with Crippen LogP contribution in [0.3, 0.4) is 0 Å². The van der Waals surface area contributed by atoms with Gasteiger partial charge in [-0.05, 0) is 18.6 Å². The fourth-order valence-electron chi connectivity index (χ4n) is 1.92. The summed E-state index contributed by atoms with van der Waals surface area (Å²) in [5.41, 5.74) is 1.23. The van der Waals surface area contributed by atoms with Crippen molar-refractivity contribution in [2.45, 2.75) is 19.1 Å². The largest absolute Gasteiger partial charge is 0.477 e. The summed E-state index contributed by atoms with van der Waals surface area (Å²) in [5.74, 6) is -1.03. The van der Waals surface area contributed by atoms with Crippen molar-refractivity contribution < 1.29 is 19.4 Å². The summed E-state index contributed by atoms with van der Waals surface area (Å²) in [6.07, 6.45) is 1.56. The third-order valence-electron chi connectivity index (χ3n) is 2.74. The zero-order chi connectivity index (χ0) is 11.8. The molecule has 0 aromatic carbocycles. The number of pyridine rings is 1. The normalized spacial score (nSPS) is 23.1. The first kappa shape index (κ1) is 11.0. The van der Waals surface area contributed by atoms with Gasteiger partial charge in [0.1, 0.15) is 11.3 Å². The summed E-state index contributed by atoms with van der Waals surface area (Å²) < 4.78 is 10.7. The Labute approximate surface area is 93.0 Å². The number of methoxy groups -OCH3 is 1. The lowest BCUT2D eigenvalue weighted by Crippen LogP contribution is -2.27. The molecule has 1 unspecified atom stereocenters. The topological polar surface area (TPSA) is 68.7 Å². The van der Waals surface area contributed by atoms with E-state index < -0.39 is 11.6 Å². The third kappa shape index (κ3) is 1.68. The van der Waals surface area contributed by atoms with Crippen molar-refractivity contribution in [1.29, 1.82) is 0 Å². The van der Waals surface area contributed by atoms with Crippen molar-refractivity contribution in [3.05, 3.63) is 29.1 Å². The molecule has 1 N–H and O–H groups in total. The summed E-state index contributed by atoms with van der Waals surface area (Å²) >= 11 is 0. The van der Waals surface area contributed by atoms with Crippen molar-refractivity contribution in [3.8, 4) is 0 Å². The van der Waals surface area contributed by atoms with Crippen LogP contribution in [0.25, 0.3) is 0 Å². The summed E-state index contributed by atoms with van der Waals surface area (Å²) in [7, 11) is 1.59. The Hall–Kier alpha value is -1.46. The van der Waals surface area contributed by atoms with Crippen LogP contribution in [0.5, 0.6) is 0 Å². The third-order valence-corrected chi connectivity index (χ3v) is 2.74. The molecule has 1 atom stereocenters. The zero-order valence-electron chi connectivity index (χ0n) is 9.19. The molecule has 2 rings (SSSR count). The molecular formula is C11H13NO4. The molecule has 1 aromatic heterocycles. The lowest BCUT2D eigenvalue weighted by Gasteiger charge is -2.23. The van der Waals surface area contributed by atoms with E-state index in [1.54, 1.807) is 19.4 Å². The van der Waals surface area contributed by atoms with E-state index in [0.29, 0.717) is 13.2 Å². The molecule has 16 heavy (non-hydrogen) atoms. The molecule has 0 spiro atoms. The average Bonchev–Trinajstić information content (AvgIpc) is 2.57. The molecule has 0 aliphatic carbocycles. The minimum atomic E-state index is -1.03. The predicted molar refractivity (Wildman–Crippen MR) is 55.2 cm³/mol. The fraction of sp³-hybridized carbons (Fsp3) is 0.455. The van der Waals surface area contributed by atoms with Gasteiger partial charge in [-0.2, -0.15) is 0 Å². The van der Waals surface area contributed by atoms with Gasteiger partial charge in [0.25, 0.3) is 0 Å². The molecule has 5 nitrogen and oxygen atoms in total. The quantitative estimate of drug-likeness (QED) is 0.833. The van der Waals surface area contributed by atoms with Crippen molar-refractivity contribution in [2.24, 2.45) is 0 Å². The van der Waals surface area contributed by atoms with Gasteiger partial charge in [0.15, 0.2) is 0 Å². The Kier molecular flexibility index (Phi) is 2.65.